The van der Waals surface area contributed by atoms with E-state index in [2.05, 4.69) is 4.98 Å². The second-order valence-electron chi connectivity index (χ2n) is 3.79. The molecule has 1 aromatic carbocycles. The lowest BCUT2D eigenvalue weighted by molar-refractivity contribution is 0.0696. The van der Waals surface area contributed by atoms with E-state index in [1.807, 2.05) is 0 Å². The quantitative estimate of drug-likeness (QED) is 0.886. The van der Waals surface area contributed by atoms with E-state index in [0.29, 0.717) is 0 Å². The zero-order chi connectivity index (χ0) is 14.0. The van der Waals surface area contributed by atoms with Gasteiger partial charge in [-0.15, -0.1) is 0 Å². The molecule has 1 aromatic heterocycles. The molecule has 2 aromatic rings. The zero-order valence-corrected chi connectivity index (χ0v) is 9.94. The Hall–Kier alpha value is -2.63. The number of carbonyl (C=O) groups is 1. The summed E-state index contributed by atoms with van der Waals surface area (Å²) in [6.45, 7) is 0. The second-order valence-corrected chi connectivity index (χ2v) is 3.79. The molecule has 0 aliphatic rings. The van der Waals surface area contributed by atoms with Crippen molar-refractivity contribution in [2.24, 2.45) is 0 Å². The van der Waals surface area contributed by atoms with Crippen molar-refractivity contribution in [2.75, 3.05) is 7.11 Å². The molecular weight excluding hydrogens is 253 g/mol. The van der Waals surface area contributed by atoms with E-state index >= 15 is 0 Å². The van der Waals surface area contributed by atoms with Gasteiger partial charge >= 0.3 is 5.97 Å². The van der Waals surface area contributed by atoms with Gasteiger partial charge in [-0.1, -0.05) is 6.07 Å². The predicted molar refractivity (Wildman–Crippen MR) is 66.0 cm³/mol. The summed E-state index contributed by atoms with van der Waals surface area (Å²) in [4.78, 5) is 24.8. The van der Waals surface area contributed by atoms with Gasteiger partial charge in [0, 0.05) is 11.8 Å². The van der Waals surface area contributed by atoms with Crippen molar-refractivity contribution in [3.8, 4) is 16.9 Å². The predicted octanol–water partition coefficient (Wildman–Crippen LogP) is 1.89. The maximum absolute atomic E-state index is 13.6. The average molecular weight is 263 g/mol. The molecule has 0 saturated heterocycles. The van der Waals surface area contributed by atoms with Crippen molar-refractivity contribution in [1.29, 1.82) is 0 Å². The number of rotatable bonds is 3. The molecule has 0 bridgehead atoms. The van der Waals surface area contributed by atoms with Crippen LogP contribution in [0.15, 0.2) is 35.3 Å². The van der Waals surface area contributed by atoms with Gasteiger partial charge < -0.3 is 14.8 Å². The molecule has 2 N–H and O–H groups in total. The topological polar surface area (TPSA) is 79.4 Å². The molecular formula is C13H10FNO4. The Bertz CT molecular complexity index is 693. The van der Waals surface area contributed by atoms with Crippen LogP contribution in [0.4, 0.5) is 4.39 Å². The van der Waals surface area contributed by atoms with E-state index in [-0.39, 0.29) is 22.4 Å². The highest BCUT2D eigenvalue weighted by Gasteiger charge is 2.11. The van der Waals surface area contributed by atoms with Crippen LogP contribution in [0.3, 0.4) is 0 Å². The third-order valence-corrected chi connectivity index (χ3v) is 2.61. The average Bonchev–Trinajstić information content (AvgIpc) is 2.38. The molecule has 1 heterocycles. The number of nitrogens with one attached hydrogen (secondary N) is 1. The number of aromatic amines is 1. The molecule has 6 heteroatoms. The van der Waals surface area contributed by atoms with Crippen LogP contribution in [0.5, 0.6) is 5.75 Å². The van der Waals surface area contributed by atoms with Crippen molar-refractivity contribution < 1.29 is 19.0 Å². The van der Waals surface area contributed by atoms with Crippen molar-refractivity contribution in [3.05, 3.63) is 52.2 Å². The molecule has 0 radical (unpaired) electrons. The minimum Gasteiger partial charge on any atom is -0.494 e. The highest BCUT2D eigenvalue weighted by Crippen LogP contribution is 2.23. The third-order valence-electron chi connectivity index (χ3n) is 2.61. The summed E-state index contributed by atoms with van der Waals surface area (Å²) in [7, 11) is 1.33. The largest absolute Gasteiger partial charge is 0.494 e. The summed E-state index contributed by atoms with van der Waals surface area (Å²) in [6.07, 6.45) is 1.09. The molecule has 19 heavy (non-hydrogen) atoms. The summed E-state index contributed by atoms with van der Waals surface area (Å²) >= 11 is 0. The Morgan fingerprint density at radius 3 is 2.68 bits per heavy atom. The number of H-pyrrole nitrogens is 1. The fraction of sp³-hybridized carbons (Fsp3) is 0.0769. The van der Waals surface area contributed by atoms with Gasteiger partial charge in [-0.25, -0.2) is 9.18 Å². The Labute approximate surface area is 107 Å². The van der Waals surface area contributed by atoms with Crippen molar-refractivity contribution in [1.82, 2.24) is 4.98 Å². The van der Waals surface area contributed by atoms with Crippen LogP contribution in [0, 0.1) is 5.82 Å². The van der Waals surface area contributed by atoms with Gasteiger partial charge in [0.15, 0.2) is 11.6 Å². The Kier molecular flexibility index (Phi) is 3.33. The Morgan fingerprint density at radius 2 is 2.11 bits per heavy atom. The molecule has 5 nitrogen and oxygen atoms in total. The van der Waals surface area contributed by atoms with E-state index in [0.717, 1.165) is 12.3 Å². The van der Waals surface area contributed by atoms with Crippen LogP contribution in [-0.2, 0) is 0 Å². The minimum atomic E-state index is -1.17. The first-order valence-corrected chi connectivity index (χ1v) is 5.33. The van der Waals surface area contributed by atoms with E-state index in [1.54, 1.807) is 0 Å². The van der Waals surface area contributed by atoms with E-state index in [4.69, 9.17) is 9.84 Å². The van der Waals surface area contributed by atoms with E-state index in [9.17, 15) is 14.0 Å². The molecule has 0 spiro atoms. The number of hydrogen-bond donors (Lipinski definition) is 2. The maximum atomic E-state index is 13.6. The van der Waals surface area contributed by atoms with Gasteiger partial charge in [-0.2, -0.15) is 0 Å². The minimum absolute atomic E-state index is 0.0505. The zero-order valence-electron chi connectivity index (χ0n) is 9.94. The first kappa shape index (κ1) is 12.8. The maximum Gasteiger partial charge on any atom is 0.337 e. The molecule has 0 saturated carbocycles. The van der Waals surface area contributed by atoms with Crippen LogP contribution < -0.4 is 10.3 Å². The number of aromatic nitrogens is 1. The third kappa shape index (κ3) is 2.47. The van der Waals surface area contributed by atoms with Crippen molar-refractivity contribution in [2.45, 2.75) is 0 Å². The van der Waals surface area contributed by atoms with Crippen LogP contribution in [0.25, 0.3) is 11.1 Å². The van der Waals surface area contributed by atoms with Gasteiger partial charge in [0.05, 0.1) is 12.7 Å². The van der Waals surface area contributed by atoms with Crippen LogP contribution in [0.2, 0.25) is 0 Å². The SMILES string of the molecule is COc1ccc(-c2cc(C(=O)O)c[nH]c2=O)cc1F. The lowest BCUT2D eigenvalue weighted by Gasteiger charge is -2.05. The van der Waals surface area contributed by atoms with Gasteiger partial charge in [-0.3, -0.25) is 4.79 Å². The highest BCUT2D eigenvalue weighted by molar-refractivity contribution is 5.88. The number of pyridine rings is 1. The molecule has 98 valence electrons. The number of benzene rings is 1. The number of aromatic carboxylic acids is 1. The lowest BCUT2D eigenvalue weighted by Crippen LogP contribution is -2.11. The van der Waals surface area contributed by atoms with E-state index < -0.39 is 17.3 Å². The van der Waals surface area contributed by atoms with Gasteiger partial charge in [0.1, 0.15) is 0 Å². The number of carboxylic acid groups (broad SMARTS) is 1. The number of carboxylic acids is 1. The van der Waals surface area contributed by atoms with Crippen LogP contribution in [0.1, 0.15) is 10.4 Å². The standard InChI is InChI=1S/C13H10FNO4/c1-19-11-3-2-7(5-10(11)14)9-4-8(13(17)18)6-15-12(9)16/h2-6H,1H3,(H,15,16)(H,17,18). The summed E-state index contributed by atoms with van der Waals surface area (Å²) < 4.78 is 18.3. The fourth-order valence-corrected chi connectivity index (χ4v) is 1.66. The summed E-state index contributed by atoms with van der Waals surface area (Å²) in [5.74, 6) is -1.75. The number of methoxy groups -OCH3 is 1. The number of hydrogen-bond acceptors (Lipinski definition) is 3. The smallest absolute Gasteiger partial charge is 0.337 e. The second kappa shape index (κ2) is 4.93. The Balaban J connectivity index is 2.58. The summed E-state index contributed by atoms with van der Waals surface area (Å²) in [6, 6.07) is 5.17. The normalized spacial score (nSPS) is 10.2. The molecule has 0 amide bonds. The first-order valence-electron chi connectivity index (χ1n) is 5.33. The first-order chi connectivity index (χ1) is 9.02. The van der Waals surface area contributed by atoms with Crippen molar-refractivity contribution in [3.63, 3.8) is 0 Å². The molecule has 0 fully saturated rings. The van der Waals surface area contributed by atoms with Crippen molar-refractivity contribution >= 4 is 5.97 Å². The molecule has 0 aliphatic carbocycles. The number of halogens is 1. The van der Waals surface area contributed by atoms with Gasteiger partial charge in [0.2, 0.25) is 0 Å². The summed E-state index contributed by atoms with van der Waals surface area (Å²) in [5, 5.41) is 8.87. The summed E-state index contributed by atoms with van der Waals surface area (Å²) in [5.41, 5.74) is -0.204. The fourth-order valence-electron chi connectivity index (χ4n) is 1.66. The molecule has 2 rings (SSSR count). The van der Waals surface area contributed by atoms with E-state index in [1.165, 1.54) is 25.3 Å². The Morgan fingerprint density at radius 1 is 1.37 bits per heavy atom. The lowest BCUT2D eigenvalue weighted by atomic mass is 10.1. The van der Waals surface area contributed by atoms with Gasteiger partial charge in [-0.05, 0) is 23.8 Å². The monoisotopic (exact) mass is 263 g/mol. The van der Waals surface area contributed by atoms with Gasteiger partial charge in [0.25, 0.3) is 5.56 Å². The van der Waals surface area contributed by atoms with Crippen LogP contribution >= 0.6 is 0 Å². The molecule has 0 aliphatic heterocycles. The molecule has 0 unspecified atom stereocenters. The number of ether oxygens (including phenoxy) is 1. The molecule has 0 atom stereocenters. The van der Waals surface area contributed by atoms with Crippen LogP contribution in [-0.4, -0.2) is 23.2 Å². The highest BCUT2D eigenvalue weighted by atomic mass is 19.1.